The van der Waals surface area contributed by atoms with Crippen molar-refractivity contribution in [1.29, 1.82) is 0 Å². The number of benzene rings is 2. The van der Waals surface area contributed by atoms with Crippen LogP contribution in [0.2, 0.25) is 0 Å². The van der Waals surface area contributed by atoms with Gasteiger partial charge in [0.1, 0.15) is 23.5 Å². The summed E-state index contributed by atoms with van der Waals surface area (Å²) in [7, 11) is 0. The lowest BCUT2D eigenvalue weighted by atomic mass is 9.88. The van der Waals surface area contributed by atoms with Crippen LogP contribution in [0.1, 0.15) is 85.5 Å². The predicted molar refractivity (Wildman–Crippen MR) is 187 cm³/mol. The first-order chi connectivity index (χ1) is 24.9. The molecule has 1 fully saturated rings. The standard InChI is InChI=1S/C39H43F6N3O5/c1-6-8-25-18-29(41)36(37(42)35(25)34-23(4)16-27(40)17-24(34)5)30(20-33(50)51)46-38(52)31(15-22(2)3)48-21-26(28(19-32(48)49)39(43,44)45)9-11-47-10-7-13-53-14-12-47/h16-19,21-22,30-31H,7,9-15,20H2,1-5H3,(H,46,52)(H,50,51)/t30-,31+/m0/s1. The molecule has 2 heterocycles. The second-order valence-corrected chi connectivity index (χ2v) is 13.6. The zero-order valence-electron chi connectivity index (χ0n) is 30.2. The van der Waals surface area contributed by atoms with Gasteiger partial charge in [-0.2, -0.15) is 13.2 Å². The van der Waals surface area contributed by atoms with Gasteiger partial charge in [0.15, 0.2) is 0 Å². The summed E-state index contributed by atoms with van der Waals surface area (Å²) in [6.45, 7) is 10.2. The Morgan fingerprint density at radius 1 is 1.02 bits per heavy atom. The number of hydrogen-bond acceptors (Lipinski definition) is 5. The fourth-order valence-corrected chi connectivity index (χ4v) is 6.80. The number of carbonyl (C=O) groups is 2. The number of aromatic nitrogens is 1. The van der Waals surface area contributed by atoms with Crippen LogP contribution in [0.15, 0.2) is 35.3 Å². The Hall–Kier alpha value is -4.61. The number of ether oxygens (including phenoxy) is 1. The van der Waals surface area contributed by atoms with E-state index < -0.39 is 70.7 Å². The van der Waals surface area contributed by atoms with Crippen molar-refractivity contribution < 1.29 is 45.8 Å². The fraction of sp³-hybridized carbons (Fsp3) is 0.462. The van der Waals surface area contributed by atoms with Gasteiger partial charge >= 0.3 is 12.1 Å². The lowest BCUT2D eigenvalue weighted by molar-refractivity contribution is -0.139. The van der Waals surface area contributed by atoms with Crippen LogP contribution < -0.4 is 10.9 Å². The van der Waals surface area contributed by atoms with Crippen molar-refractivity contribution >= 4 is 11.9 Å². The number of carbonyl (C=O) groups excluding carboxylic acids is 1. The molecule has 0 radical (unpaired) electrons. The van der Waals surface area contributed by atoms with E-state index in [0.29, 0.717) is 38.8 Å². The fourth-order valence-electron chi connectivity index (χ4n) is 6.80. The summed E-state index contributed by atoms with van der Waals surface area (Å²) < 4.78 is 95.8. The van der Waals surface area contributed by atoms with E-state index in [4.69, 9.17) is 4.74 Å². The summed E-state index contributed by atoms with van der Waals surface area (Å²) in [5.41, 5.74) is -2.88. The van der Waals surface area contributed by atoms with Gasteiger partial charge in [0.05, 0.1) is 24.6 Å². The van der Waals surface area contributed by atoms with E-state index in [1.165, 1.54) is 20.8 Å². The molecule has 1 aromatic heterocycles. The highest BCUT2D eigenvalue weighted by molar-refractivity contribution is 5.83. The second-order valence-electron chi connectivity index (χ2n) is 13.6. The molecule has 2 aromatic carbocycles. The van der Waals surface area contributed by atoms with Gasteiger partial charge in [-0.1, -0.05) is 19.8 Å². The van der Waals surface area contributed by atoms with Crippen molar-refractivity contribution in [2.45, 2.75) is 78.6 Å². The van der Waals surface area contributed by atoms with Gasteiger partial charge in [0, 0.05) is 55.2 Å². The van der Waals surface area contributed by atoms with Crippen molar-refractivity contribution in [3.8, 4) is 23.0 Å². The summed E-state index contributed by atoms with van der Waals surface area (Å²) >= 11 is 0. The van der Waals surface area contributed by atoms with Crippen LogP contribution in [-0.4, -0.2) is 59.3 Å². The Balaban J connectivity index is 1.83. The van der Waals surface area contributed by atoms with Crippen molar-refractivity contribution in [2.24, 2.45) is 5.92 Å². The first-order valence-electron chi connectivity index (χ1n) is 17.3. The molecule has 8 nitrogen and oxygen atoms in total. The molecular weight excluding hydrogens is 704 g/mol. The highest BCUT2D eigenvalue weighted by Gasteiger charge is 2.37. The van der Waals surface area contributed by atoms with Gasteiger partial charge in [-0.3, -0.25) is 14.4 Å². The number of pyridine rings is 1. The molecule has 0 unspecified atom stereocenters. The SMILES string of the molecule is CC#Cc1cc(F)c([C@H](CC(=O)O)NC(=O)[C@@H](CC(C)C)n2cc(CCN3CCCOCC3)c(C(F)(F)F)cc2=O)c(F)c1-c1c(C)cc(F)cc1C. The second kappa shape index (κ2) is 17.5. The van der Waals surface area contributed by atoms with Crippen LogP contribution in [0.25, 0.3) is 11.1 Å². The number of rotatable bonds is 12. The molecule has 1 aliphatic rings. The summed E-state index contributed by atoms with van der Waals surface area (Å²) in [6.07, 6.45) is -4.38. The van der Waals surface area contributed by atoms with E-state index in [-0.39, 0.29) is 58.7 Å². The van der Waals surface area contributed by atoms with Crippen LogP contribution in [0.5, 0.6) is 0 Å². The molecule has 2 N–H and O–H groups in total. The number of aliphatic carboxylic acids is 1. The molecule has 3 aromatic rings. The molecule has 1 saturated heterocycles. The van der Waals surface area contributed by atoms with Gasteiger partial charge in [-0.15, -0.1) is 5.92 Å². The molecule has 14 heteroatoms. The summed E-state index contributed by atoms with van der Waals surface area (Å²) in [6, 6.07) is 0.320. The van der Waals surface area contributed by atoms with Crippen LogP contribution in [0, 0.1) is 49.1 Å². The number of hydrogen-bond donors (Lipinski definition) is 2. The van der Waals surface area contributed by atoms with Crippen LogP contribution in [0.4, 0.5) is 26.3 Å². The molecule has 0 saturated carbocycles. The number of amides is 1. The molecular formula is C39H43F6N3O5. The Morgan fingerprint density at radius 2 is 1.70 bits per heavy atom. The molecule has 0 aliphatic carbocycles. The van der Waals surface area contributed by atoms with E-state index >= 15 is 8.78 Å². The molecule has 2 atom stereocenters. The van der Waals surface area contributed by atoms with Crippen molar-refractivity contribution in [3.05, 3.63) is 91.6 Å². The van der Waals surface area contributed by atoms with Crippen LogP contribution in [-0.2, 0) is 26.9 Å². The third-order valence-electron chi connectivity index (χ3n) is 9.12. The molecule has 1 aliphatic heterocycles. The molecule has 4 rings (SSSR count). The van der Waals surface area contributed by atoms with Crippen LogP contribution >= 0.6 is 0 Å². The van der Waals surface area contributed by atoms with Gasteiger partial charge < -0.3 is 24.6 Å². The van der Waals surface area contributed by atoms with E-state index in [2.05, 4.69) is 17.2 Å². The van der Waals surface area contributed by atoms with Gasteiger partial charge in [-0.05, 0) is 86.4 Å². The number of nitrogens with one attached hydrogen (secondary N) is 1. The summed E-state index contributed by atoms with van der Waals surface area (Å²) in [5.74, 6) is -0.705. The number of alkyl halides is 3. The van der Waals surface area contributed by atoms with Gasteiger partial charge in [0.2, 0.25) is 5.91 Å². The highest BCUT2D eigenvalue weighted by atomic mass is 19.4. The lowest BCUT2D eigenvalue weighted by Crippen LogP contribution is -2.41. The predicted octanol–water partition coefficient (Wildman–Crippen LogP) is 7.12. The van der Waals surface area contributed by atoms with E-state index in [9.17, 15) is 37.1 Å². The monoisotopic (exact) mass is 747 g/mol. The van der Waals surface area contributed by atoms with Crippen LogP contribution in [0.3, 0.4) is 0 Å². The average molecular weight is 748 g/mol. The Labute approximate surface area is 304 Å². The largest absolute Gasteiger partial charge is 0.481 e. The highest BCUT2D eigenvalue weighted by Crippen LogP contribution is 2.38. The van der Waals surface area contributed by atoms with E-state index in [1.54, 1.807) is 13.8 Å². The van der Waals surface area contributed by atoms with E-state index in [0.717, 1.165) is 29.0 Å². The van der Waals surface area contributed by atoms with Crippen molar-refractivity contribution in [1.82, 2.24) is 14.8 Å². The smallest absolute Gasteiger partial charge is 0.416 e. The Bertz CT molecular complexity index is 1930. The molecule has 0 bridgehead atoms. The maximum atomic E-state index is 16.8. The molecule has 53 heavy (non-hydrogen) atoms. The first kappa shape index (κ1) is 41.2. The zero-order chi connectivity index (χ0) is 39.2. The van der Waals surface area contributed by atoms with Crippen molar-refractivity contribution in [3.63, 3.8) is 0 Å². The first-order valence-corrected chi connectivity index (χ1v) is 17.3. The number of carboxylic acid groups (broad SMARTS) is 1. The Morgan fingerprint density at radius 3 is 2.30 bits per heavy atom. The van der Waals surface area contributed by atoms with Gasteiger partial charge in [-0.25, -0.2) is 13.2 Å². The number of nitrogens with zero attached hydrogens (tertiary/aromatic N) is 2. The quantitative estimate of drug-likeness (QED) is 0.151. The third-order valence-corrected chi connectivity index (χ3v) is 9.12. The molecule has 1 amide bonds. The topological polar surface area (TPSA) is 101 Å². The third kappa shape index (κ3) is 10.1. The summed E-state index contributed by atoms with van der Waals surface area (Å²) in [4.78, 5) is 41.5. The minimum absolute atomic E-state index is 0.0883. The van der Waals surface area contributed by atoms with Crippen molar-refractivity contribution in [2.75, 3.05) is 32.8 Å². The average Bonchev–Trinajstić information content (AvgIpc) is 3.32. The maximum absolute atomic E-state index is 16.8. The zero-order valence-corrected chi connectivity index (χ0v) is 30.2. The molecule has 286 valence electrons. The normalized spacial score (nSPS) is 15.0. The minimum atomic E-state index is -4.87. The van der Waals surface area contributed by atoms with Gasteiger partial charge in [0.25, 0.3) is 5.56 Å². The van der Waals surface area contributed by atoms with E-state index in [1.807, 2.05) is 4.90 Å². The number of aryl methyl sites for hydroxylation is 2. The lowest BCUT2D eigenvalue weighted by Gasteiger charge is -2.27. The molecule has 0 spiro atoms. The number of halogens is 6. The maximum Gasteiger partial charge on any atom is 0.416 e. The minimum Gasteiger partial charge on any atom is -0.481 e. The Kier molecular flexibility index (Phi) is 13.6. The summed E-state index contributed by atoms with van der Waals surface area (Å²) in [5, 5.41) is 12.2. The number of carboxylic acids is 1.